The third kappa shape index (κ3) is 4.75. The quantitative estimate of drug-likeness (QED) is 0.743. The average molecular weight is 373 g/mol. The second-order valence-corrected chi connectivity index (χ2v) is 6.25. The second-order valence-electron chi connectivity index (χ2n) is 6.25. The van der Waals surface area contributed by atoms with E-state index in [2.05, 4.69) is 5.32 Å². The van der Waals surface area contributed by atoms with Gasteiger partial charge in [0.05, 0.1) is 6.61 Å². The third-order valence-electron chi connectivity index (χ3n) is 4.26. The van der Waals surface area contributed by atoms with Gasteiger partial charge in [-0.1, -0.05) is 12.1 Å². The highest BCUT2D eigenvalue weighted by Crippen LogP contribution is 2.41. The third-order valence-corrected chi connectivity index (χ3v) is 4.26. The van der Waals surface area contributed by atoms with Crippen molar-refractivity contribution in [3.05, 3.63) is 59.4 Å². The fourth-order valence-corrected chi connectivity index (χ4v) is 2.86. The van der Waals surface area contributed by atoms with Crippen LogP contribution in [0.1, 0.15) is 35.2 Å². The predicted octanol–water partition coefficient (Wildman–Crippen LogP) is 2.97. The average Bonchev–Trinajstić information content (AvgIpc) is 3.40. The molecule has 0 spiro atoms. The van der Waals surface area contributed by atoms with Crippen molar-refractivity contribution in [2.24, 2.45) is 0 Å². The van der Waals surface area contributed by atoms with Gasteiger partial charge in [-0.3, -0.25) is 4.79 Å². The van der Waals surface area contributed by atoms with Gasteiger partial charge in [-0.2, -0.15) is 0 Å². The summed E-state index contributed by atoms with van der Waals surface area (Å²) in [6.07, 6.45) is 0.801. The summed E-state index contributed by atoms with van der Waals surface area (Å²) in [5.74, 6) is -0.869. The van der Waals surface area contributed by atoms with Gasteiger partial charge >= 0.3 is 5.97 Å². The number of halogens is 1. The molecule has 6 nitrogen and oxygen atoms in total. The Hall–Kier alpha value is -3.09. The molecule has 1 fully saturated rings. The highest BCUT2D eigenvalue weighted by Gasteiger charge is 2.39. The summed E-state index contributed by atoms with van der Waals surface area (Å²) in [6, 6.07) is 10.9. The van der Waals surface area contributed by atoms with E-state index in [1.165, 1.54) is 24.3 Å². The molecule has 0 aromatic heterocycles. The minimum absolute atomic E-state index is 0.00133. The maximum absolute atomic E-state index is 13.0. The summed E-state index contributed by atoms with van der Waals surface area (Å²) < 4.78 is 23.6. The number of carbonyl (C=O) groups excluding carboxylic acids is 1. The highest BCUT2D eigenvalue weighted by atomic mass is 19.1. The zero-order valence-corrected chi connectivity index (χ0v) is 14.8. The topological polar surface area (TPSA) is 84.9 Å². The molecule has 0 radical (unpaired) electrons. The molecule has 142 valence electrons. The fraction of sp³-hybridized carbons (Fsp3) is 0.300. The Balaban J connectivity index is 1.65. The summed E-state index contributed by atoms with van der Waals surface area (Å²) in [5, 5.41) is 11.7. The lowest BCUT2D eigenvalue weighted by molar-refractivity contribution is -0.139. The Morgan fingerprint density at radius 1 is 1.15 bits per heavy atom. The molecule has 27 heavy (non-hydrogen) atoms. The Morgan fingerprint density at radius 3 is 2.56 bits per heavy atom. The van der Waals surface area contributed by atoms with E-state index in [-0.39, 0.29) is 29.4 Å². The first-order valence-electron chi connectivity index (χ1n) is 8.65. The minimum Gasteiger partial charge on any atom is -0.490 e. The molecule has 2 N–H and O–H groups in total. The van der Waals surface area contributed by atoms with Gasteiger partial charge in [-0.15, -0.1) is 0 Å². The molecule has 0 saturated heterocycles. The van der Waals surface area contributed by atoms with Gasteiger partial charge in [-0.05, 0) is 49.2 Å². The number of amides is 1. The summed E-state index contributed by atoms with van der Waals surface area (Å²) in [4.78, 5) is 23.2. The Morgan fingerprint density at radius 2 is 1.89 bits per heavy atom. The van der Waals surface area contributed by atoms with Gasteiger partial charge in [0.2, 0.25) is 0 Å². The van der Waals surface area contributed by atoms with Crippen molar-refractivity contribution in [1.29, 1.82) is 0 Å². The van der Waals surface area contributed by atoms with E-state index in [4.69, 9.17) is 14.6 Å². The van der Waals surface area contributed by atoms with Crippen LogP contribution < -0.4 is 14.8 Å². The van der Waals surface area contributed by atoms with Crippen molar-refractivity contribution in [3.8, 4) is 11.5 Å². The van der Waals surface area contributed by atoms with Gasteiger partial charge in [-0.25, -0.2) is 9.18 Å². The maximum Gasteiger partial charge on any atom is 0.341 e. The van der Waals surface area contributed by atoms with Crippen LogP contribution in [-0.4, -0.2) is 36.2 Å². The smallest absolute Gasteiger partial charge is 0.341 e. The van der Waals surface area contributed by atoms with Crippen LogP contribution in [0.5, 0.6) is 11.5 Å². The molecule has 1 saturated carbocycles. The lowest BCUT2D eigenvalue weighted by Crippen LogP contribution is -2.26. The summed E-state index contributed by atoms with van der Waals surface area (Å²) in [7, 11) is 0. The van der Waals surface area contributed by atoms with Crippen molar-refractivity contribution >= 4 is 11.9 Å². The lowest BCUT2D eigenvalue weighted by Gasteiger charge is -2.12. The predicted molar refractivity (Wildman–Crippen MR) is 95.8 cm³/mol. The van der Waals surface area contributed by atoms with E-state index in [1.54, 1.807) is 25.1 Å². The van der Waals surface area contributed by atoms with Crippen LogP contribution in [0.3, 0.4) is 0 Å². The van der Waals surface area contributed by atoms with Crippen LogP contribution in [0.15, 0.2) is 42.5 Å². The number of hydrogen-bond acceptors (Lipinski definition) is 4. The maximum atomic E-state index is 13.0. The Kier molecular flexibility index (Phi) is 5.59. The monoisotopic (exact) mass is 373 g/mol. The summed E-state index contributed by atoms with van der Waals surface area (Å²) >= 11 is 0. The van der Waals surface area contributed by atoms with Gasteiger partial charge < -0.3 is 19.9 Å². The van der Waals surface area contributed by atoms with E-state index >= 15 is 0 Å². The standard InChI is InChI=1S/C20H20FNO5/c1-2-26-18-9-13(5-8-17(18)27-11-19(23)24)20(25)22-16-10-15(16)12-3-6-14(21)7-4-12/h3-9,15-16H,2,10-11H2,1H3,(H,22,25)(H,23,24)/t15-,16+/m0/s1. The number of rotatable bonds is 8. The SMILES string of the molecule is CCOc1cc(C(=O)N[C@@H]2C[C@H]2c2ccc(F)cc2)ccc1OCC(=O)O. The van der Waals surface area contributed by atoms with Crippen LogP contribution in [-0.2, 0) is 4.79 Å². The van der Waals surface area contributed by atoms with Gasteiger partial charge in [0.25, 0.3) is 5.91 Å². The van der Waals surface area contributed by atoms with Gasteiger partial charge in [0.1, 0.15) is 5.82 Å². The molecule has 0 unspecified atom stereocenters. The molecule has 3 rings (SSSR count). The second kappa shape index (κ2) is 8.07. The number of aliphatic carboxylic acids is 1. The lowest BCUT2D eigenvalue weighted by atomic mass is 10.1. The fourth-order valence-electron chi connectivity index (χ4n) is 2.86. The molecule has 7 heteroatoms. The Bertz CT molecular complexity index is 837. The van der Waals surface area contributed by atoms with Crippen LogP contribution in [0.25, 0.3) is 0 Å². The first-order valence-corrected chi connectivity index (χ1v) is 8.65. The summed E-state index contributed by atoms with van der Waals surface area (Å²) in [5.41, 5.74) is 1.39. The van der Waals surface area contributed by atoms with E-state index in [9.17, 15) is 14.0 Å². The molecular weight excluding hydrogens is 353 g/mol. The number of carboxylic acid groups (broad SMARTS) is 1. The largest absolute Gasteiger partial charge is 0.490 e. The number of nitrogens with one attached hydrogen (secondary N) is 1. The van der Waals surface area contributed by atoms with Gasteiger partial charge in [0.15, 0.2) is 18.1 Å². The van der Waals surface area contributed by atoms with Crippen LogP contribution in [0.2, 0.25) is 0 Å². The molecule has 1 amide bonds. The van der Waals surface area contributed by atoms with Crippen molar-refractivity contribution in [3.63, 3.8) is 0 Å². The first-order chi connectivity index (χ1) is 13.0. The molecule has 0 aliphatic heterocycles. The van der Waals surface area contributed by atoms with Crippen molar-refractivity contribution in [2.45, 2.75) is 25.3 Å². The van der Waals surface area contributed by atoms with E-state index in [1.807, 2.05) is 0 Å². The molecule has 2 aromatic rings. The minimum atomic E-state index is -1.10. The van der Waals surface area contributed by atoms with Crippen molar-refractivity contribution in [1.82, 2.24) is 5.32 Å². The molecule has 2 atom stereocenters. The zero-order valence-electron chi connectivity index (χ0n) is 14.8. The highest BCUT2D eigenvalue weighted by molar-refractivity contribution is 5.95. The van der Waals surface area contributed by atoms with Gasteiger partial charge in [0, 0.05) is 17.5 Å². The zero-order chi connectivity index (χ0) is 19.4. The molecule has 1 aliphatic carbocycles. The van der Waals surface area contributed by atoms with E-state index < -0.39 is 12.6 Å². The molecule has 0 heterocycles. The number of ether oxygens (including phenoxy) is 2. The number of benzene rings is 2. The Labute approximate surface area is 155 Å². The van der Waals surface area contributed by atoms with E-state index in [0.29, 0.717) is 17.9 Å². The van der Waals surface area contributed by atoms with Crippen molar-refractivity contribution < 1.29 is 28.6 Å². The molecule has 1 aliphatic rings. The summed E-state index contributed by atoms with van der Waals surface area (Å²) in [6.45, 7) is 1.64. The van der Waals surface area contributed by atoms with Crippen molar-refractivity contribution in [2.75, 3.05) is 13.2 Å². The van der Waals surface area contributed by atoms with E-state index in [0.717, 1.165) is 12.0 Å². The van der Waals surface area contributed by atoms with Crippen LogP contribution >= 0.6 is 0 Å². The first kappa shape index (κ1) is 18.7. The molecule has 0 bridgehead atoms. The van der Waals surface area contributed by atoms with Crippen LogP contribution in [0.4, 0.5) is 4.39 Å². The number of hydrogen-bond donors (Lipinski definition) is 2. The normalized spacial score (nSPS) is 17.9. The molecule has 2 aromatic carbocycles. The van der Waals surface area contributed by atoms with Crippen LogP contribution in [0, 0.1) is 5.82 Å². The number of carbonyl (C=O) groups is 2. The molecular formula is C20H20FNO5. The number of carboxylic acids is 1.